The van der Waals surface area contributed by atoms with Crippen molar-refractivity contribution in [2.75, 3.05) is 19.0 Å². The van der Waals surface area contributed by atoms with Crippen LogP contribution in [0.5, 0.6) is 0 Å². The number of methoxy groups -OCH3 is 1. The van der Waals surface area contributed by atoms with Gasteiger partial charge in [-0.1, -0.05) is 18.2 Å². The number of rotatable bonds is 6. The molecule has 1 saturated carbocycles. The van der Waals surface area contributed by atoms with E-state index < -0.39 is 0 Å². The van der Waals surface area contributed by atoms with Crippen LogP contribution in [0, 0.1) is 6.92 Å². The molecule has 0 bridgehead atoms. The quantitative estimate of drug-likeness (QED) is 0.874. The van der Waals surface area contributed by atoms with Crippen LogP contribution in [0.4, 0.5) is 11.6 Å². The van der Waals surface area contributed by atoms with E-state index in [-0.39, 0.29) is 0 Å². The Bertz CT molecular complexity index is 587. The summed E-state index contributed by atoms with van der Waals surface area (Å²) in [5.41, 5.74) is 3.45. The van der Waals surface area contributed by atoms with Crippen LogP contribution in [0.15, 0.2) is 30.5 Å². The lowest BCUT2D eigenvalue weighted by Gasteiger charge is -2.12. The van der Waals surface area contributed by atoms with E-state index in [9.17, 15) is 0 Å². The first-order valence-electron chi connectivity index (χ1n) is 7.17. The van der Waals surface area contributed by atoms with E-state index in [0.717, 1.165) is 30.4 Å². The molecule has 20 heavy (non-hydrogen) atoms. The van der Waals surface area contributed by atoms with Crippen molar-refractivity contribution in [2.45, 2.75) is 32.2 Å². The van der Waals surface area contributed by atoms with Crippen molar-refractivity contribution >= 4 is 11.6 Å². The zero-order valence-corrected chi connectivity index (χ0v) is 12.1. The Morgan fingerprint density at radius 2 is 2.15 bits per heavy atom. The van der Waals surface area contributed by atoms with Gasteiger partial charge in [0, 0.05) is 25.0 Å². The van der Waals surface area contributed by atoms with Gasteiger partial charge in [-0.05, 0) is 37.8 Å². The van der Waals surface area contributed by atoms with Gasteiger partial charge in [0.15, 0.2) is 0 Å². The molecular formula is C16H21N3O. The van der Waals surface area contributed by atoms with Gasteiger partial charge in [-0.15, -0.1) is 0 Å². The fraction of sp³-hybridized carbons (Fsp3) is 0.438. The third-order valence-corrected chi connectivity index (χ3v) is 3.63. The Balaban J connectivity index is 1.83. The molecule has 0 radical (unpaired) electrons. The van der Waals surface area contributed by atoms with Gasteiger partial charge in [-0.2, -0.15) is 0 Å². The largest absolute Gasteiger partial charge is 0.384 e. The molecule has 0 unspecified atom stereocenters. The molecule has 1 aliphatic rings. The molecule has 0 aliphatic heterocycles. The maximum absolute atomic E-state index is 5.18. The number of nitrogens with one attached hydrogen (secondary N) is 1. The minimum atomic E-state index is 0.629. The van der Waals surface area contributed by atoms with Gasteiger partial charge in [0.25, 0.3) is 0 Å². The molecule has 0 spiro atoms. The van der Waals surface area contributed by atoms with Gasteiger partial charge < -0.3 is 14.6 Å². The van der Waals surface area contributed by atoms with Crippen molar-refractivity contribution in [3.63, 3.8) is 0 Å². The van der Waals surface area contributed by atoms with Crippen LogP contribution in [-0.4, -0.2) is 23.3 Å². The van der Waals surface area contributed by atoms with Gasteiger partial charge in [0.2, 0.25) is 5.95 Å². The topological polar surface area (TPSA) is 39.1 Å². The third kappa shape index (κ3) is 2.85. The number of para-hydroxylation sites is 1. The fourth-order valence-corrected chi connectivity index (χ4v) is 2.43. The Morgan fingerprint density at radius 3 is 2.90 bits per heavy atom. The molecule has 0 atom stereocenters. The van der Waals surface area contributed by atoms with Crippen molar-refractivity contribution in [1.82, 2.24) is 9.55 Å². The van der Waals surface area contributed by atoms with E-state index >= 15 is 0 Å². The molecule has 1 fully saturated rings. The number of aryl methyl sites for hydroxylation is 1. The Kier molecular flexibility index (Phi) is 3.74. The van der Waals surface area contributed by atoms with E-state index in [1.54, 1.807) is 7.11 Å². The van der Waals surface area contributed by atoms with Crippen molar-refractivity contribution in [2.24, 2.45) is 0 Å². The van der Waals surface area contributed by atoms with Crippen LogP contribution in [0.25, 0.3) is 0 Å². The van der Waals surface area contributed by atoms with Crippen LogP contribution in [0.1, 0.15) is 30.1 Å². The molecule has 106 valence electrons. The molecule has 2 aromatic rings. The summed E-state index contributed by atoms with van der Waals surface area (Å²) in [4.78, 5) is 4.61. The predicted molar refractivity (Wildman–Crippen MR) is 80.5 cm³/mol. The molecule has 1 heterocycles. The summed E-state index contributed by atoms with van der Waals surface area (Å²) < 4.78 is 7.44. The van der Waals surface area contributed by atoms with E-state index in [1.165, 1.54) is 18.4 Å². The zero-order valence-electron chi connectivity index (χ0n) is 12.1. The molecule has 1 aromatic heterocycles. The Hall–Kier alpha value is -1.81. The van der Waals surface area contributed by atoms with E-state index in [0.29, 0.717) is 6.04 Å². The first-order chi connectivity index (χ1) is 9.78. The lowest BCUT2D eigenvalue weighted by atomic mass is 10.1. The molecule has 4 heteroatoms. The summed E-state index contributed by atoms with van der Waals surface area (Å²) in [6.45, 7) is 2.77. The first kappa shape index (κ1) is 13.2. The van der Waals surface area contributed by atoms with Gasteiger partial charge >= 0.3 is 0 Å². The highest BCUT2D eigenvalue weighted by Gasteiger charge is 2.26. The molecule has 1 N–H and O–H groups in total. The van der Waals surface area contributed by atoms with Crippen molar-refractivity contribution in [1.29, 1.82) is 0 Å². The maximum Gasteiger partial charge on any atom is 0.207 e. The summed E-state index contributed by atoms with van der Waals surface area (Å²) in [5, 5.41) is 3.49. The van der Waals surface area contributed by atoms with Crippen molar-refractivity contribution < 1.29 is 4.74 Å². The number of benzene rings is 1. The summed E-state index contributed by atoms with van der Waals surface area (Å²) in [5.74, 6) is 0.954. The number of anilines is 2. The van der Waals surface area contributed by atoms with Crippen LogP contribution in [0.3, 0.4) is 0 Å². The number of ether oxygens (including phenoxy) is 1. The molecule has 0 saturated heterocycles. The summed E-state index contributed by atoms with van der Waals surface area (Å²) >= 11 is 0. The monoisotopic (exact) mass is 271 g/mol. The lowest BCUT2D eigenvalue weighted by molar-refractivity contribution is 0.202. The highest BCUT2D eigenvalue weighted by molar-refractivity contribution is 5.59. The lowest BCUT2D eigenvalue weighted by Crippen LogP contribution is -2.04. The molecule has 1 aliphatic carbocycles. The molecule has 1 aromatic carbocycles. The zero-order chi connectivity index (χ0) is 13.9. The Morgan fingerprint density at radius 1 is 1.35 bits per heavy atom. The van der Waals surface area contributed by atoms with Gasteiger partial charge in [0.05, 0.1) is 12.3 Å². The van der Waals surface area contributed by atoms with E-state index in [2.05, 4.69) is 45.3 Å². The van der Waals surface area contributed by atoms with Crippen LogP contribution < -0.4 is 5.32 Å². The molecule has 4 nitrogen and oxygen atoms in total. The van der Waals surface area contributed by atoms with Crippen LogP contribution >= 0.6 is 0 Å². The average molecular weight is 271 g/mol. The molecule has 0 amide bonds. The number of hydrogen-bond acceptors (Lipinski definition) is 3. The number of hydrogen-bond donors (Lipinski definition) is 1. The van der Waals surface area contributed by atoms with Crippen molar-refractivity contribution in [3.05, 3.63) is 41.7 Å². The highest BCUT2D eigenvalue weighted by atomic mass is 16.5. The second-order valence-corrected chi connectivity index (χ2v) is 5.37. The smallest absolute Gasteiger partial charge is 0.207 e. The average Bonchev–Trinajstić information content (AvgIpc) is 3.22. The Labute approximate surface area is 119 Å². The maximum atomic E-state index is 5.18. The minimum Gasteiger partial charge on any atom is -0.384 e. The highest BCUT2D eigenvalue weighted by Crippen LogP contribution is 2.38. The normalized spacial score (nSPS) is 14.5. The number of aromatic nitrogens is 2. The second-order valence-electron chi connectivity index (χ2n) is 5.37. The summed E-state index contributed by atoms with van der Waals surface area (Å²) in [7, 11) is 1.74. The second kappa shape index (κ2) is 5.67. The fourth-order valence-electron chi connectivity index (χ4n) is 2.43. The summed E-state index contributed by atoms with van der Waals surface area (Å²) in [6, 6.07) is 8.99. The van der Waals surface area contributed by atoms with E-state index in [1.807, 2.05) is 6.92 Å². The number of imidazole rings is 1. The van der Waals surface area contributed by atoms with Gasteiger partial charge in [0.1, 0.15) is 0 Å². The molecule has 3 rings (SSSR count). The standard InChI is InChI=1S/C16H21N3O/c1-12-11-19(14-7-8-14)16(17-12)18-15-6-4-3-5-13(15)9-10-20-2/h3-6,11,14H,7-10H2,1-2H3,(H,17,18). The van der Waals surface area contributed by atoms with E-state index in [4.69, 9.17) is 4.74 Å². The minimum absolute atomic E-state index is 0.629. The van der Waals surface area contributed by atoms with Gasteiger partial charge in [-0.25, -0.2) is 4.98 Å². The predicted octanol–water partition coefficient (Wildman–Crippen LogP) is 3.46. The molecular weight excluding hydrogens is 250 g/mol. The SMILES string of the molecule is COCCc1ccccc1Nc1nc(C)cn1C1CC1. The van der Waals surface area contributed by atoms with Gasteiger partial charge in [-0.3, -0.25) is 0 Å². The first-order valence-corrected chi connectivity index (χ1v) is 7.17. The third-order valence-electron chi connectivity index (χ3n) is 3.63. The number of nitrogens with zero attached hydrogens (tertiary/aromatic N) is 2. The van der Waals surface area contributed by atoms with Crippen molar-refractivity contribution in [3.8, 4) is 0 Å². The summed E-state index contributed by atoms with van der Waals surface area (Å²) in [6.07, 6.45) is 5.56. The van der Waals surface area contributed by atoms with Crippen LogP contribution in [0.2, 0.25) is 0 Å². The van der Waals surface area contributed by atoms with Crippen LogP contribution in [-0.2, 0) is 11.2 Å².